The molecular formula is C9H13N3O. The van der Waals surface area contributed by atoms with Gasteiger partial charge in [0.2, 0.25) is 0 Å². The van der Waals surface area contributed by atoms with Crippen LogP contribution in [0.15, 0.2) is 24.5 Å². The second-order valence-corrected chi connectivity index (χ2v) is 2.57. The van der Waals surface area contributed by atoms with Crippen LogP contribution >= 0.6 is 0 Å². The third-order valence-electron chi connectivity index (χ3n) is 1.54. The molecule has 1 aromatic rings. The van der Waals surface area contributed by atoms with Gasteiger partial charge in [0.1, 0.15) is 0 Å². The van der Waals surface area contributed by atoms with Crippen LogP contribution in [0.2, 0.25) is 0 Å². The van der Waals surface area contributed by atoms with E-state index in [0.29, 0.717) is 13.1 Å². The fourth-order valence-corrected chi connectivity index (χ4v) is 0.906. The summed E-state index contributed by atoms with van der Waals surface area (Å²) in [6.45, 7) is 3.06. The summed E-state index contributed by atoms with van der Waals surface area (Å²) in [5.74, 6) is 0. The van der Waals surface area contributed by atoms with Gasteiger partial charge in [0, 0.05) is 25.5 Å². The SMILES string of the molecule is CCNC(=O)NCc1ccncc1. The average Bonchev–Trinajstić information content (AvgIpc) is 2.17. The molecule has 1 heterocycles. The fraction of sp³-hybridized carbons (Fsp3) is 0.333. The summed E-state index contributed by atoms with van der Waals surface area (Å²) in [5, 5.41) is 5.37. The van der Waals surface area contributed by atoms with Crippen molar-refractivity contribution in [3.63, 3.8) is 0 Å². The summed E-state index contributed by atoms with van der Waals surface area (Å²) in [6, 6.07) is 3.60. The van der Waals surface area contributed by atoms with E-state index in [0.717, 1.165) is 5.56 Å². The number of nitrogens with zero attached hydrogens (tertiary/aromatic N) is 1. The number of aromatic nitrogens is 1. The van der Waals surface area contributed by atoms with Gasteiger partial charge >= 0.3 is 6.03 Å². The highest BCUT2D eigenvalue weighted by Crippen LogP contribution is 1.93. The van der Waals surface area contributed by atoms with E-state index in [-0.39, 0.29) is 6.03 Å². The monoisotopic (exact) mass is 179 g/mol. The van der Waals surface area contributed by atoms with Crippen LogP contribution in [-0.4, -0.2) is 17.6 Å². The molecule has 4 nitrogen and oxygen atoms in total. The zero-order chi connectivity index (χ0) is 9.52. The Morgan fingerprint density at radius 1 is 1.38 bits per heavy atom. The Morgan fingerprint density at radius 2 is 2.08 bits per heavy atom. The van der Waals surface area contributed by atoms with Crippen LogP contribution in [0.25, 0.3) is 0 Å². The number of hydrogen-bond donors (Lipinski definition) is 2. The Morgan fingerprint density at radius 3 is 2.69 bits per heavy atom. The smallest absolute Gasteiger partial charge is 0.315 e. The number of urea groups is 1. The summed E-state index contributed by atoms with van der Waals surface area (Å²) < 4.78 is 0. The van der Waals surface area contributed by atoms with Crippen LogP contribution in [0.1, 0.15) is 12.5 Å². The van der Waals surface area contributed by atoms with E-state index in [2.05, 4.69) is 15.6 Å². The summed E-state index contributed by atoms with van der Waals surface area (Å²) in [5.41, 5.74) is 1.04. The van der Waals surface area contributed by atoms with Crippen molar-refractivity contribution in [2.75, 3.05) is 6.54 Å². The molecule has 0 unspecified atom stereocenters. The van der Waals surface area contributed by atoms with E-state index in [1.54, 1.807) is 12.4 Å². The summed E-state index contributed by atoms with van der Waals surface area (Å²) in [4.78, 5) is 14.9. The first kappa shape index (κ1) is 9.51. The van der Waals surface area contributed by atoms with Gasteiger partial charge in [-0.25, -0.2) is 4.79 Å². The lowest BCUT2D eigenvalue weighted by Gasteiger charge is -2.04. The largest absolute Gasteiger partial charge is 0.338 e. The number of rotatable bonds is 3. The number of carbonyl (C=O) groups is 1. The normalized spacial score (nSPS) is 9.31. The zero-order valence-corrected chi connectivity index (χ0v) is 7.58. The second kappa shape index (κ2) is 5.13. The van der Waals surface area contributed by atoms with E-state index in [4.69, 9.17) is 0 Å². The van der Waals surface area contributed by atoms with Crippen molar-refractivity contribution in [2.24, 2.45) is 0 Å². The molecule has 0 aliphatic carbocycles. The maximum Gasteiger partial charge on any atom is 0.315 e. The molecular weight excluding hydrogens is 166 g/mol. The molecule has 70 valence electrons. The summed E-state index contributed by atoms with van der Waals surface area (Å²) in [6.07, 6.45) is 3.41. The number of amides is 2. The molecule has 0 aromatic carbocycles. The molecule has 0 aliphatic rings. The van der Waals surface area contributed by atoms with Crippen molar-refractivity contribution in [1.82, 2.24) is 15.6 Å². The molecule has 1 aromatic heterocycles. The molecule has 0 radical (unpaired) electrons. The maximum atomic E-state index is 11.0. The Bertz CT molecular complexity index is 261. The minimum atomic E-state index is -0.140. The van der Waals surface area contributed by atoms with E-state index in [9.17, 15) is 4.79 Å². The Kier molecular flexibility index (Phi) is 3.75. The predicted molar refractivity (Wildman–Crippen MR) is 50.1 cm³/mol. The maximum absolute atomic E-state index is 11.0. The standard InChI is InChI=1S/C9H13N3O/c1-2-11-9(13)12-7-8-3-5-10-6-4-8/h3-6H,2,7H2,1H3,(H2,11,12,13). The van der Waals surface area contributed by atoms with Crippen molar-refractivity contribution in [1.29, 1.82) is 0 Å². The molecule has 0 atom stereocenters. The molecule has 2 N–H and O–H groups in total. The Labute approximate surface area is 77.4 Å². The van der Waals surface area contributed by atoms with Crippen LogP contribution in [-0.2, 0) is 6.54 Å². The lowest BCUT2D eigenvalue weighted by Crippen LogP contribution is -2.34. The van der Waals surface area contributed by atoms with Gasteiger partial charge in [-0.15, -0.1) is 0 Å². The first-order valence-corrected chi connectivity index (χ1v) is 4.23. The van der Waals surface area contributed by atoms with Crippen LogP contribution in [0.3, 0.4) is 0 Å². The highest BCUT2D eigenvalue weighted by molar-refractivity contribution is 5.73. The average molecular weight is 179 g/mol. The topological polar surface area (TPSA) is 54.0 Å². The minimum absolute atomic E-state index is 0.140. The second-order valence-electron chi connectivity index (χ2n) is 2.57. The first-order valence-electron chi connectivity index (χ1n) is 4.23. The van der Waals surface area contributed by atoms with Gasteiger partial charge in [0.05, 0.1) is 0 Å². The van der Waals surface area contributed by atoms with Gasteiger partial charge in [-0.2, -0.15) is 0 Å². The van der Waals surface area contributed by atoms with Crippen molar-refractivity contribution < 1.29 is 4.79 Å². The van der Waals surface area contributed by atoms with Crippen molar-refractivity contribution in [3.8, 4) is 0 Å². The lowest BCUT2D eigenvalue weighted by atomic mass is 10.3. The molecule has 0 spiro atoms. The molecule has 0 bridgehead atoms. The fourth-order valence-electron chi connectivity index (χ4n) is 0.906. The first-order chi connectivity index (χ1) is 6.33. The molecule has 4 heteroatoms. The van der Waals surface area contributed by atoms with Gasteiger partial charge in [0.25, 0.3) is 0 Å². The van der Waals surface area contributed by atoms with E-state index in [1.807, 2.05) is 19.1 Å². The van der Waals surface area contributed by atoms with Gasteiger partial charge in [-0.3, -0.25) is 4.98 Å². The number of carbonyl (C=O) groups excluding carboxylic acids is 1. The Balaban J connectivity index is 2.31. The van der Waals surface area contributed by atoms with E-state index < -0.39 is 0 Å². The molecule has 0 saturated heterocycles. The van der Waals surface area contributed by atoms with Crippen LogP contribution < -0.4 is 10.6 Å². The van der Waals surface area contributed by atoms with Gasteiger partial charge in [-0.05, 0) is 24.6 Å². The van der Waals surface area contributed by atoms with Crippen molar-refractivity contribution in [2.45, 2.75) is 13.5 Å². The third kappa shape index (κ3) is 3.55. The van der Waals surface area contributed by atoms with Crippen LogP contribution in [0.5, 0.6) is 0 Å². The number of hydrogen-bond acceptors (Lipinski definition) is 2. The Hall–Kier alpha value is -1.58. The van der Waals surface area contributed by atoms with E-state index in [1.165, 1.54) is 0 Å². The summed E-state index contributed by atoms with van der Waals surface area (Å²) in [7, 11) is 0. The lowest BCUT2D eigenvalue weighted by molar-refractivity contribution is 0.241. The molecule has 0 aliphatic heterocycles. The predicted octanol–water partition coefficient (Wildman–Crippen LogP) is 0.901. The molecule has 0 saturated carbocycles. The van der Waals surface area contributed by atoms with Crippen molar-refractivity contribution in [3.05, 3.63) is 30.1 Å². The summed E-state index contributed by atoms with van der Waals surface area (Å²) >= 11 is 0. The quantitative estimate of drug-likeness (QED) is 0.724. The van der Waals surface area contributed by atoms with Crippen molar-refractivity contribution >= 4 is 6.03 Å². The van der Waals surface area contributed by atoms with Gasteiger partial charge < -0.3 is 10.6 Å². The minimum Gasteiger partial charge on any atom is -0.338 e. The van der Waals surface area contributed by atoms with Crippen LogP contribution in [0.4, 0.5) is 4.79 Å². The van der Waals surface area contributed by atoms with Gasteiger partial charge in [0.15, 0.2) is 0 Å². The number of nitrogens with one attached hydrogen (secondary N) is 2. The zero-order valence-electron chi connectivity index (χ0n) is 7.58. The third-order valence-corrected chi connectivity index (χ3v) is 1.54. The molecule has 0 fully saturated rings. The molecule has 13 heavy (non-hydrogen) atoms. The van der Waals surface area contributed by atoms with E-state index >= 15 is 0 Å². The molecule has 2 amide bonds. The van der Waals surface area contributed by atoms with Crippen LogP contribution in [0, 0.1) is 0 Å². The highest BCUT2D eigenvalue weighted by Gasteiger charge is 1.96. The molecule has 1 rings (SSSR count). The highest BCUT2D eigenvalue weighted by atomic mass is 16.2. The number of pyridine rings is 1. The van der Waals surface area contributed by atoms with Gasteiger partial charge in [-0.1, -0.05) is 0 Å².